The molecular formula is C23H18FN5O. The summed E-state index contributed by atoms with van der Waals surface area (Å²) in [6, 6.07) is 19.1. The Morgan fingerprint density at radius 3 is 2.63 bits per heavy atom. The molecule has 0 N–H and O–H groups in total. The molecule has 0 bridgehead atoms. The molecule has 148 valence electrons. The average molecular weight is 399 g/mol. The molecule has 0 saturated heterocycles. The lowest BCUT2D eigenvalue weighted by Gasteiger charge is -2.18. The van der Waals surface area contributed by atoms with Crippen LogP contribution in [-0.4, -0.2) is 32.2 Å². The molecule has 2 aromatic heterocycles. The zero-order valence-electron chi connectivity index (χ0n) is 16.2. The average Bonchev–Trinajstić information content (AvgIpc) is 3.43. The van der Waals surface area contributed by atoms with E-state index in [0.29, 0.717) is 23.5 Å². The summed E-state index contributed by atoms with van der Waals surface area (Å²) in [5, 5.41) is 13.4. The maximum absolute atomic E-state index is 14.4. The van der Waals surface area contributed by atoms with E-state index in [-0.39, 0.29) is 11.6 Å². The lowest BCUT2D eigenvalue weighted by Crippen LogP contribution is -2.27. The SMILES string of the molecule is CN(Cc1cccc(C#N)c1)C(=O)c1cnn(-c2ccccc2F)c1-n1cccc1. The van der Waals surface area contributed by atoms with Crippen molar-refractivity contribution in [1.82, 2.24) is 19.2 Å². The summed E-state index contributed by atoms with van der Waals surface area (Å²) in [6.07, 6.45) is 5.01. The number of nitrogens with zero attached hydrogens (tertiary/aromatic N) is 5. The molecule has 6 nitrogen and oxygen atoms in total. The Morgan fingerprint density at radius 2 is 1.90 bits per heavy atom. The molecule has 0 saturated carbocycles. The molecule has 0 aliphatic heterocycles. The number of carbonyl (C=O) groups excluding carboxylic acids is 1. The number of benzene rings is 2. The molecule has 0 atom stereocenters. The monoisotopic (exact) mass is 399 g/mol. The van der Waals surface area contributed by atoms with Gasteiger partial charge in [0.05, 0.1) is 17.8 Å². The van der Waals surface area contributed by atoms with Gasteiger partial charge in [0.15, 0.2) is 5.82 Å². The number of halogens is 1. The van der Waals surface area contributed by atoms with Crippen molar-refractivity contribution in [3.8, 4) is 17.6 Å². The molecule has 0 radical (unpaired) electrons. The highest BCUT2D eigenvalue weighted by Crippen LogP contribution is 2.23. The van der Waals surface area contributed by atoms with Crippen molar-refractivity contribution < 1.29 is 9.18 Å². The first-order chi connectivity index (χ1) is 14.6. The molecule has 2 aromatic carbocycles. The van der Waals surface area contributed by atoms with E-state index in [1.54, 1.807) is 65.3 Å². The third-order valence-corrected chi connectivity index (χ3v) is 4.73. The van der Waals surface area contributed by atoms with Crippen molar-refractivity contribution >= 4 is 5.91 Å². The van der Waals surface area contributed by atoms with Crippen LogP contribution in [0.4, 0.5) is 4.39 Å². The van der Waals surface area contributed by atoms with Crippen LogP contribution in [0.2, 0.25) is 0 Å². The molecule has 4 aromatic rings. The summed E-state index contributed by atoms with van der Waals surface area (Å²) in [7, 11) is 1.68. The number of hydrogen-bond acceptors (Lipinski definition) is 3. The minimum Gasteiger partial charge on any atom is -0.337 e. The minimum absolute atomic E-state index is 0.254. The molecule has 0 spiro atoms. The summed E-state index contributed by atoms with van der Waals surface area (Å²) < 4.78 is 17.6. The minimum atomic E-state index is -0.435. The van der Waals surface area contributed by atoms with E-state index in [4.69, 9.17) is 5.26 Å². The van der Waals surface area contributed by atoms with E-state index in [9.17, 15) is 9.18 Å². The topological polar surface area (TPSA) is 66.8 Å². The third-order valence-electron chi connectivity index (χ3n) is 4.73. The first-order valence-electron chi connectivity index (χ1n) is 9.29. The Bertz CT molecular complexity index is 1240. The number of aromatic nitrogens is 3. The van der Waals surface area contributed by atoms with Gasteiger partial charge in [0, 0.05) is 26.0 Å². The predicted molar refractivity (Wildman–Crippen MR) is 110 cm³/mol. The van der Waals surface area contributed by atoms with Crippen molar-refractivity contribution in [2.75, 3.05) is 7.05 Å². The molecule has 4 rings (SSSR count). The maximum Gasteiger partial charge on any atom is 0.259 e. The van der Waals surface area contributed by atoms with Crippen molar-refractivity contribution in [3.05, 3.63) is 102 Å². The number of carbonyl (C=O) groups is 1. The number of nitriles is 1. The van der Waals surface area contributed by atoms with Crippen LogP contribution in [0.15, 0.2) is 79.3 Å². The first-order valence-corrected chi connectivity index (χ1v) is 9.29. The molecule has 30 heavy (non-hydrogen) atoms. The Hall–Kier alpha value is -4.18. The first kappa shape index (κ1) is 19.2. The third kappa shape index (κ3) is 3.59. The maximum atomic E-state index is 14.4. The lowest BCUT2D eigenvalue weighted by molar-refractivity contribution is 0.0785. The molecule has 2 heterocycles. The van der Waals surface area contributed by atoms with Gasteiger partial charge in [-0.15, -0.1) is 0 Å². The second-order valence-electron chi connectivity index (χ2n) is 6.81. The van der Waals surface area contributed by atoms with Gasteiger partial charge < -0.3 is 9.47 Å². The van der Waals surface area contributed by atoms with Crippen LogP contribution in [0.3, 0.4) is 0 Å². The fourth-order valence-corrected chi connectivity index (χ4v) is 3.31. The molecule has 7 heteroatoms. The predicted octanol–water partition coefficient (Wildman–Crippen LogP) is 3.95. The van der Waals surface area contributed by atoms with E-state index in [1.165, 1.54) is 16.9 Å². The van der Waals surface area contributed by atoms with Crippen LogP contribution in [0.25, 0.3) is 11.5 Å². The zero-order valence-corrected chi connectivity index (χ0v) is 16.2. The Morgan fingerprint density at radius 1 is 1.13 bits per heavy atom. The smallest absolute Gasteiger partial charge is 0.259 e. The van der Waals surface area contributed by atoms with Gasteiger partial charge in [-0.3, -0.25) is 4.79 Å². The highest BCUT2D eigenvalue weighted by molar-refractivity contribution is 5.97. The van der Waals surface area contributed by atoms with E-state index in [0.717, 1.165) is 5.56 Å². The quantitative estimate of drug-likeness (QED) is 0.510. The highest BCUT2D eigenvalue weighted by Gasteiger charge is 2.23. The second kappa shape index (κ2) is 8.05. The van der Waals surface area contributed by atoms with Crippen molar-refractivity contribution in [3.63, 3.8) is 0 Å². The standard InChI is InChI=1S/C23H18FN5O/c1-27(16-18-8-6-7-17(13-18)14-25)23(30)19-15-26-29(21-10-3-2-9-20(21)24)22(19)28-11-4-5-12-28/h2-13,15H,16H2,1H3. The molecule has 1 amide bonds. The molecule has 0 unspecified atom stereocenters. The Kier molecular flexibility index (Phi) is 5.14. The van der Waals surface area contributed by atoms with E-state index in [2.05, 4.69) is 11.2 Å². The van der Waals surface area contributed by atoms with Gasteiger partial charge in [0.1, 0.15) is 17.1 Å². The van der Waals surface area contributed by atoms with Crippen LogP contribution in [0.5, 0.6) is 0 Å². The highest BCUT2D eigenvalue weighted by atomic mass is 19.1. The number of rotatable bonds is 5. The van der Waals surface area contributed by atoms with Gasteiger partial charge in [-0.25, -0.2) is 9.07 Å². The van der Waals surface area contributed by atoms with Crippen molar-refractivity contribution in [2.45, 2.75) is 6.54 Å². The fourth-order valence-electron chi connectivity index (χ4n) is 3.31. The van der Waals surface area contributed by atoms with Crippen molar-refractivity contribution in [2.24, 2.45) is 0 Å². The molecule has 0 fully saturated rings. The van der Waals surface area contributed by atoms with Crippen LogP contribution in [0.1, 0.15) is 21.5 Å². The number of hydrogen-bond donors (Lipinski definition) is 0. The van der Waals surface area contributed by atoms with Crippen molar-refractivity contribution in [1.29, 1.82) is 5.26 Å². The molecule has 0 aliphatic carbocycles. The summed E-state index contributed by atoms with van der Waals surface area (Å²) in [6.45, 7) is 0.324. The van der Waals surface area contributed by atoms with Crippen LogP contribution in [-0.2, 0) is 6.54 Å². The zero-order chi connectivity index (χ0) is 21.1. The summed E-state index contributed by atoms with van der Waals surface area (Å²) >= 11 is 0. The van der Waals surface area contributed by atoms with Gasteiger partial charge in [0.25, 0.3) is 5.91 Å². The van der Waals surface area contributed by atoms with E-state index >= 15 is 0 Å². The molecule has 0 aliphatic rings. The second-order valence-corrected chi connectivity index (χ2v) is 6.81. The summed E-state index contributed by atoms with van der Waals surface area (Å²) in [5.41, 5.74) is 1.97. The summed E-state index contributed by atoms with van der Waals surface area (Å²) in [5.74, 6) is -0.244. The normalized spacial score (nSPS) is 10.6. The van der Waals surface area contributed by atoms with Gasteiger partial charge in [0.2, 0.25) is 0 Å². The number of para-hydroxylation sites is 1. The lowest BCUT2D eigenvalue weighted by atomic mass is 10.1. The number of amides is 1. The van der Waals surface area contributed by atoms with E-state index < -0.39 is 5.82 Å². The molecular weight excluding hydrogens is 381 g/mol. The summed E-state index contributed by atoms with van der Waals surface area (Å²) in [4.78, 5) is 14.8. The van der Waals surface area contributed by atoms with Gasteiger partial charge in [-0.05, 0) is 42.0 Å². The van der Waals surface area contributed by atoms with Gasteiger partial charge >= 0.3 is 0 Å². The largest absolute Gasteiger partial charge is 0.337 e. The Balaban J connectivity index is 1.72. The fraction of sp³-hybridized carbons (Fsp3) is 0.0870. The van der Waals surface area contributed by atoms with E-state index in [1.807, 2.05) is 18.2 Å². The van der Waals surface area contributed by atoms with Crippen LogP contribution >= 0.6 is 0 Å². The van der Waals surface area contributed by atoms with Crippen LogP contribution < -0.4 is 0 Å². The Labute approximate surface area is 173 Å². The van der Waals surface area contributed by atoms with Crippen LogP contribution in [0, 0.1) is 17.1 Å². The van der Waals surface area contributed by atoms with Gasteiger partial charge in [-0.2, -0.15) is 10.4 Å². The van der Waals surface area contributed by atoms with Gasteiger partial charge in [-0.1, -0.05) is 24.3 Å².